The molecule has 4 rings (SSSR count). The highest BCUT2D eigenvalue weighted by atomic mass is 19.1. The van der Waals surface area contributed by atoms with Crippen LogP contribution >= 0.6 is 0 Å². The number of nitrogens with zero attached hydrogens (tertiary/aromatic N) is 1. The lowest BCUT2D eigenvalue weighted by molar-refractivity contribution is 0.630. The number of anilines is 1. The Morgan fingerprint density at radius 1 is 1.21 bits per heavy atom. The second-order valence-corrected chi connectivity index (χ2v) is 5.66. The third-order valence-corrected chi connectivity index (χ3v) is 4.71. The van der Waals surface area contributed by atoms with Gasteiger partial charge in [-0.1, -0.05) is 24.6 Å². The number of nitrogens with one attached hydrogen (secondary N) is 1. The minimum Gasteiger partial charge on any atom is -0.382 e. The van der Waals surface area contributed by atoms with Gasteiger partial charge in [-0.15, -0.1) is 0 Å². The fourth-order valence-corrected chi connectivity index (χ4v) is 3.81. The number of halogens is 1. The highest BCUT2D eigenvalue weighted by molar-refractivity contribution is 5.77. The summed E-state index contributed by atoms with van der Waals surface area (Å²) in [7, 11) is 0. The fourth-order valence-electron chi connectivity index (χ4n) is 3.81. The maximum atomic E-state index is 14.0. The number of rotatable bonds is 2. The van der Waals surface area contributed by atoms with E-state index in [0.29, 0.717) is 17.3 Å². The first kappa shape index (κ1) is 11.0. The summed E-state index contributed by atoms with van der Waals surface area (Å²) in [4.78, 5) is 0. The number of hydrogen-bond acceptors (Lipinski definition) is 2. The molecule has 3 nitrogen and oxygen atoms in total. The molecular formula is C15H16FN3. The number of fused-ring (bicyclic) bond motifs is 1. The molecule has 3 N–H and O–H groups in total. The van der Waals surface area contributed by atoms with Gasteiger partial charge in [0.25, 0.3) is 0 Å². The Hall–Kier alpha value is -1.84. The summed E-state index contributed by atoms with van der Waals surface area (Å²) in [6, 6.07) is 6.78. The molecular weight excluding hydrogens is 241 g/mol. The van der Waals surface area contributed by atoms with E-state index in [-0.39, 0.29) is 5.82 Å². The molecule has 2 saturated carbocycles. The van der Waals surface area contributed by atoms with Crippen molar-refractivity contribution in [1.82, 2.24) is 10.2 Å². The third-order valence-electron chi connectivity index (χ3n) is 4.71. The number of nitrogens with two attached hydrogens (primary N) is 1. The zero-order chi connectivity index (χ0) is 13.0. The second-order valence-electron chi connectivity index (χ2n) is 5.66. The Bertz CT molecular complexity index is 624. The van der Waals surface area contributed by atoms with Crippen molar-refractivity contribution in [2.24, 2.45) is 11.8 Å². The van der Waals surface area contributed by atoms with Crippen LogP contribution in [0.3, 0.4) is 0 Å². The SMILES string of the molecule is Nc1n[nH]c(C2C3CCCC32)c1-c1ccccc1F. The Balaban J connectivity index is 1.80. The predicted octanol–water partition coefficient (Wildman–Crippen LogP) is 3.31. The molecule has 2 aliphatic carbocycles. The van der Waals surface area contributed by atoms with E-state index in [0.717, 1.165) is 23.1 Å². The van der Waals surface area contributed by atoms with Crippen LogP contribution in [0, 0.1) is 17.7 Å². The molecule has 0 aliphatic heterocycles. The van der Waals surface area contributed by atoms with Crippen molar-refractivity contribution < 1.29 is 4.39 Å². The molecule has 4 heteroatoms. The number of benzene rings is 1. The van der Waals surface area contributed by atoms with Crippen molar-refractivity contribution >= 4 is 5.82 Å². The summed E-state index contributed by atoms with van der Waals surface area (Å²) in [5.74, 6) is 2.19. The van der Waals surface area contributed by atoms with Gasteiger partial charge in [0.05, 0.1) is 0 Å². The Labute approximate surface area is 111 Å². The smallest absolute Gasteiger partial charge is 0.153 e. The average molecular weight is 257 g/mol. The van der Waals surface area contributed by atoms with E-state index in [9.17, 15) is 4.39 Å². The van der Waals surface area contributed by atoms with Crippen LogP contribution in [0.25, 0.3) is 11.1 Å². The Kier molecular flexibility index (Phi) is 2.22. The van der Waals surface area contributed by atoms with Crippen molar-refractivity contribution in [2.75, 3.05) is 5.73 Å². The van der Waals surface area contributed by atoms with E-state index in [1.54, 1.807) is 12.1 Å². The van der Waals surface area contributed by atoms with E-state index in [2.05, 4.69) is 10.2 Å². The van der Waals surface area contributed by atoms with Crippen LogP contribution < -0.4 is 5.73 Å². The first-order chi connectivity index (χ1) is 9.27. The molecule has 1 heterocycles. The van der Waals surface area contributed by atoms with Gasteiger partial charge in [-0.05, 0) is 30.7 Å². The molecule has 1 aromatic carbocycles. The van der Waals surface area contributed by atoms with E-state index in [1.807, 2.05) is 6.07 Å². The normalized spacial score (nSPS) is 28.4. The molecule has 0 amide bonds. The first-order valence-corrected chi connectivity index (χ1v) is 6.86. The highest BCUT2D eigenvalue weighted by Gasteiger charge is 2.54. The van der Waals surface area contributed by atoms with Crippen molar-refractivity contribution in [3.63, 3.8) is 0 Å². The summed E-state index contributed by atoms with van der Waals surface area (Å²) in [6.45, 7) is 0. The van der Waals surface area contributed by atoms with E-state index in [4.69, 9.17) is 5.73 Å². The topological polar surface area (TPSA) is 54.7 Å². The molecule has 2 fully saturated rings. The number of H-pyrrole nitrogens is 1. The lowest BCUT2D eigenvalue weighted by Gasteiger charge is -2.07. The zero-order valence-electron chi connectivity index (χ0n) is 10.6. The molecule has 2 unspecified atom stereocenters. The molecule has 1 aromatic heterocycles. The minimum atomic E-state index is -0.234. The highest BCUT2D eigenvalue weighted by Crippen LogP contribution is 2.64. The van der Waals surface area contributed by atoms with Crippen molar-refractivity contribution in [2.45, 2.75) is 25.2 Å². The number of aromatic nitrogens is 2. The molecule has 98 valence electrons. The maximum Gasteiger partial charge on any atom is 0.153 e. The van der Waals surface area contributed by atoms with E-state index < -0.39 is 0 Å². The molecule has 19 heavy (non-hydrogen) atoms. The van der Waals surface area contributed by atoms with Gasteiger partial charge in [-0.3, -0.25) is 5.10 Å². The van der Waals surface area contributed by atoms with Gasteiger partial charge in [0.2, 0.25) is 0 Å². The van der Waals surface area contributed by atoms with Gasteiger partial charge in [-0.25, -0.2) is 4.39 Å². The first-order valence-electron chi connectivity index (χ1n) is 6.86. The lowest BCUT2D eigenvalue weighted by Crippen LogP contribution is -1.95. The monoisotopic (exact) mass is 257 g/mol. The summed E-state index contributed by atoms with van der Waals surface area (Å²) < 4.78 is 14.0. The van der Waals surface area contributed by atoms with Gasteiger partial charge in [0.15, 0.2) is 5.82 Å². The average Bonchev–Trinajstić information content (AvgIpc) is 2.78. The number of nitrogen functional groups attached to an aromatic ring is 1. The van der Waals surface area contributed by atoms with E-state index >= 15 is 0 Å². The van der Waals surface area contributed by atoms with Crippen LogP contribution in [-0.4, -0.2) is 10.2 Å². The molecule has 2 atom stereocenters. The van der Waals surface area contributed by atoms with Crippen molar-refractivity contribution in [3.05, 3.63) is 35.8 Å². The van der Waals surface area contributed by atoms with Crippen molar-refractivity contribution in [3.8, 4) is 11.1 Å². The van der Waals surface area contributed by atoms with Crippen LogP contribution in [0.5, 0.6) is 0 Å². The van der Waals surface area contributed by atoms with Crippen LogP contribution in [0.2, 0.25) is 0 Å². The quantitative estimate of drug-likeness (QED) is 0.867. The molecule has 0 spiro atoms. The molecule has 0 radical (unpaired) electrons. The minimum absolute atomic E-state index is 0.234. The summed E-state index contributed by atoms with van der Waals surface area (Å²) >= 11 is 0. The number of aromatic amines is 1. The maximum absolute atomic E-state index is 14.0. The van der Waals surface area contributed by atoms with Gasteiger partial charge < -0.3 is 5.73 Å². The predicted molar refractivity (Wildman–Crippen MR) is 72.0 cm³/mol. The molecule has 0 saturated heterocycles. The van der Waals surface area contributed by atoms with Gasteiger partial charge in [0.1, 0.15) is 5.82 Å². The standard InChI is InChI=1S/C15H16FN3/c16-11-7-2-1-4-10(11)13-14(18-19-15(13)17)12-8-5-3-6-9(8)12/h1-2,4,7-9,12H,3,5-6H2,(H3,17,18,19). The zero-order valence-corrected chi connectivity index (χ0v) is 10.6. The summed E-state index contributed by atoms with van der Waals surface area (Å²) in [5.41, 5.74) is 8.33. The van der Waals surface area contributed by atoms with Crippen molar-refractivity contribution in [1.29, 1.82) is 0 Å². The van der Waals surface area contributed by atoms with E-state index in [1.165, 1.54) is 25.3 Å². The molecule has 2 aromatic rings. The third kappa shape index (κ3) is 1.52. The Morgan fingerprint density at radius 3 is 2.68 bits per heavy atom. The van der Waals surface area contributed by atoms with Crippen LogP contribution in [0.15, 0.2) is 24.3 Å². The Morgan fingerprint density at radius 2 is 1.95 bits per heavy atom. The summed E-state index contributed by atoms with van der Waals surface area (Å²) in [5, 5.41) is 7.16. The molecule has 2 aliphatic rings. The number of hydrogen-bond donors (Lipinski definition) is 2. The van der Waals surface area contributed by atoms with Gasteiger partial charge in [0, 0.05) is 22.7 Å². The largest absolute Gasteiger partial charge is 0.382 e. The van der Waals surface area contributed by atoms with Gasteiger partial charge >= 0.3 is 0 Å². The van der Waals surface area contributed by atoms with Gasteiger partial charge in [-0.2, -0.15) is 5.10 Å². The van der Waals surface area contributed by atoms with Crippen LogP contribution in [-0.2, 0) is 0 Å². The van der Waals surface area contributed by atoms with Crippen LogP contribution in [0.1, 0.15) is 30.9 Å². The molecule has 0 bridgehead atoms. The summed E-state index contributed by atoms with van der Waals surface area (Å²) in [6.07, 6.45) is 3.89. The fraction of sp³-hybridized carbons (Fsp3) is 0.400. The second kappa shape index (κ2) is 3.83. The van der Waals surface area contributed by atoms with Crippen LogP contribution in [0.4, 0.5) is 10.2 Å². The lowest BCUT2D eigenvalue weighted by atomic mass is 9.99.